The van der Waals surface area contributed by atoms with Gasteiger partial charge >= 0.3 is 0 Å². The van der Waals surface area contributed by atoms with E-state index in [1.165, 1.54) is 25.2 Å². The zero-order valence-electron chi connectivity index (χ0n) is 37.3. The van der Waals surface area contributed by atoms with Crippen LogP contribution >= 0.6 is 45.2 Å². The van der Waals surface area contributed by atoms with Gasteiger partial charge in [-0.2, -0.15) is 0 Å². The first-order valence-corrected chi connectivity index (χ1v) is 23.0. The number of carbonyl (C=O) groups excluding carboxylic acids is 1. The first-order valence-electron chi connectivity index (χ1n) is 20.9. The van der Waals surface area contributed by atoms with Crippen molar-refractivity contribution in [2.24, 2.45) is 29.1 Å². The van der Waals surface area contributed by atoms with Crippen molar-refractivity contribution in [1.29, 1.82) is 0 Å². The lowest BCUT2D eigenvalue weighted by molar-refractivity contribution is 0.0346. The molecule has 338 valence electrons. The van der Waals surface area contributed by atoms with E-state index >= 15 is 0 Å². The van der Waals surface area contributed by atoms with Crippen LogP contribution in [0.15, 0.2) is 93.0 Å². The second-order valence-corrected chi connectivity index (χ2v) is 19.0. The number of nitrogens with one attached hydrogen (secondary N) is 1. The number of aliphatic hydroxyl groups is 3. The molecule has 0 spiro atoms. The first kappa shape index (κ1) is 54.5. The normalized spacial score (nSPS) is 18.0. The van der Waals surface area contributed by atoms with Crippen LogP contribution in [0.25, 0.3) is 0 Å². The topological polar surface area (TPSA) is 219 Å². The summed E-state index contributed by atoms with van der Waals surface area (Å²) < 4.78 is 1.86. The van der Waals surface area contributed by atoms with Crippen molar-refractivity contribution in [3.63, 3.8) is 0 Å². The van der Waals surface area contributed by atoms with Crippen molar-refractivity contribution in [2.75, 3.05) is 13.1 Å². The minimum absolute atomic E-state index is 0.0677. The standard InChI is InChI=1S/C10H19NO.2C9H14N2O.C9H12N2O.2C4H3IN2/c1-9(2)7-10(9,12)8-4-3-5-11-6-8;3*1-7(2)5-9(12)8-6-10-3-4-11-8;2*5-4-3-6-1-2-7-4/h8,11-12H,3-7H2,1-2H3;2*3-4,6-7,9,12H,5H2,1-2H3;3-4,6-7H,5H2,1-2H3;2*1-3H. The smallest absolute Gasteiger partial charge is 0.183 e. The minimum atomic E-state index is -0.473. The molecule has 2 aliphatic rings. The zero-order chi connectivity index (χ0) is 46.0. The molecular formula is C45H65I2N11O4. The summed E-state index contributed by atoms with van der Waals surface area (Å²) in [6.45, 7) is 18.8. The Hall–Kier alpha value is -3.63. The van der Waals surface area contributed by atoms with Crippen LogP contribution in [0.5, 0.6) is 0 Å². The van der Waals surface area contributed by atoms with E-state index in [0.717, 1.165) is 39.8 Å². The SMILES string of the molecule is CC(C)CC(=O)c1cnccn1.CC(C)CC(O)c1cnccn1.CC(C)CC(O)c1cnccn1.CC1(C)CC1(O)C1CCCNC1.Ic1cnccn1.Ic1cnccn1. The number of hydrogen-bond acceptors (Lipinski definition) is 15. The Labute approximate surface area is 395 Å². The predicted molar refractivity (Wildman–Crippen MR) is 257 cm³/mol. The van der Waals surface area contributed by atoms with Crippen LogP contribution in [0.4, 0.5) is 0 Å². The van der Waals surface area contributed by atoms with Gasteiger partial charge in [-0.15, -0.1) is 0 Å². The van der Waals surface area contributed by atoms with Crippen LogP contribution in [0.3, 0.4) is 0 Å². The number of rotatable bonds is 10. The molecule has 1 aliphatic heterocycles. The molecule has 15 nitrogen and oxygen atoms in total. The van der Waals surface area contributed by atoms with E-state index in [2.05, 4.69) is 142 Å². The molecular weight excluding hydrogens is 1010 g/mol. The lowest BCUT2D eigenvalue weighted by Gasteiger charge is -2.29. The Balaban J connectivity index is 0.000000259. The number of halogens is 2. The van der Waals surface area contributed by atoms with E-state index in [9.17, 15) is 20.1 Å². The average molecular weight is 1080 g/mol. The Morgan fingerprint density at radius 2 is 1.08 bits per heavy atom. The van der Waals surface area contributed by atoms with E-state index in [0.29, 0.717) is 47.2 Å². The van der Waals surface area contributed by atoms with E-state index in [1.807, 2.05) is 13.8 Å². The lowest BCUT2D eigenvalue weighted by atomic mass is 9.87. The van der Waals surface area contributed by atoms with Gasteiger partial charge in [-0.1, -0.05) is 55.4 Å². The Morgan fingerprint density at radius 3 is 1.35 bits per heavy atom. The van der Waals surface area contributed by atoms with Crippen molar-refractivity contribution >= 4 is 51.0 Å². The van der Waals surface area contributed by atoms with E-state index in [4.69, 9.17) is 0 Å². The van der Waals surface area contributed by atoms with Gasteiger partial charge in [-0.25, -0.2) is 15.0 Å². The second-order valence-electron chi connectivity index (χ2n) is 16.7. The Bertz CT molecular complexity index is 1800. The summed E-state index contributed by atoms with van der Waals surface area (Å²) >= 11 is 4.21. The number of aromatic nitrogens is 10. The molecule has 0 bridgehead atoms. The summed E-state index contributed by atoms with van der Waals surface area (Å²) in [7, 11) is 0. The fourth-order valence-corrected chi connectivity index (χ4v) is 6.81. The number of piperidine rings is 1. The molecule has 62 heavy (non-hydrogen) atoms. The molecule has 4 unspecified atom stereocenters. The van der Waals surface area contributed by atoms with Gasteiger partial charge in [0.25, 0.3) is 0 Å². The summed E-state index contributed by atoms with van der Waals surface area (Å²) in [5.41, 5.74) is 1.61. The van der Waals surface area contributed by atoms with Crippen LogP contribution in [0.1, 0.15) is 128 Å². The Morgan fingerprint density at radius 1 is 0.661 bits per heavy atom. The van der Waals surface area contributed by atoms with Gasteiger partial charge < -0.3 is 20.6 Å². The number of nitrogens with zero attached hydrogens (tertiary/aromatic N) is 10. The van der Waals surface area contributed by atoms with Gasteiger partial charge in [-0.3, -0.25) is 39.7 Å². The molecule has 0 amide bonds. The monoisotopic (exact) mass is 1080 g/mol. The highest BCUT2D eigenvalue weighted by Crippen LogP contribution is 2.60. The minimum Gasteiger partial charge on any atom is -0.389 e. The van der Waals surface area contributed by atoms with Crippen molar-refractivity contribution < 1.29 is 20.1 Å². The third-order valence-corrected chi connectivity index (χ3v) is 10.6. The van der Waals surface area contributed by atoms with Gasteiger partial charge in [0.15, 0.2) is 5.78 Å². The number of Topliss-reactive ketones (excluding diaryl/α,β-unsaturated/α-hetero) is 1. The van der Waals surface area contributed by atoms with Gasteiger partial charge in [0.1, 0.15) is 13.1 Å². The van der Waals surface area contributed by atoms with Crippen LogP contribution in [-0.4, -0.2) is 89.6 Å². The molecule has 17 heteroatoms. The fourth-order valence-electron chi connectivity index (χ4n) is 6.17. The van der Waals surface area contributed by atoms with Crippen molar-refractivity contribution in [1.82, 2.24) is 55.2 Å². The average Bonchev–Trinajstić information content (AvgIpc) is 3.80. The van der Waals surface area contributed by atoms with Crippen molar-refractivity contribution in [3.05, 3.63) is 117 Å². The lowest BCUT2D eigenvalue weighted by Crippen LogP contribution is -2.40. The van der Waals surface area contributed by atoms with E-state index < -0.39 is 12.2 Å². The van der Waals surface area contributed by atoms with Crippen LogP contribution in [0.2, 0.25) is 0 Å². The molecule has 0 aromatic carbocycles. The molecule has 2 fully saturated rings. The van der Waals surface area contributed by atoms with Gasteiger partial charge in [0.2, 0.25) is 0 Å². The highest BCUT2D eigenvalue weighted by molar-refractivity contribution is 14.1. The summed E-state index contributed by atoms with van der Waals surface area (Å²) in [5, 5.41) is 32.8. The zero-order valence-corrected chi connectivity index (χ0v) is 41.6. The van der Waals surface area contributed by atoms with Crippen LogP contribution < -0.4 is 5.32 Å². The molecule has 7 rings (SSSR count). The molecule has 4 atom stereocenters. The number of aliphatic hydroxyl groups excluding tert-OH is 2. The highest BCUT2D eigenvalue weighted by Gasteiger charge is 2.63. The number of ketones is 1. The van der Waals surface area contributed by atoms with Gasteiger partial charge in [-0.05, 0) is 107 Å². The van der Waals surface area contributed by atoms with Crippen molar-refractivity contribution in [2.45, 2.75) is 112 Å². The first-order chi connectivity index (χ1) is 29.4. The third-order valence-electron chi connectivity index (χ3n) is 9.47. The molecule has 4 N–H and O–H groups in total. The van der Waals surface area contributed by atoms with Gasteiger partial charge in [0, 0.05) is 80.9 Å². The largest absolute Gasteiger partial charge is 0.389 e. The van der Waals surface area contributed by atoms with Gasteiger partial charge in [0.05, 0.1) is 60.2 Å². The summed E-state index contributed by atoms with van der Waals surface area (Å²) in [4.78, 5) is 50.4. The second kappa shape index (κ2) is 29.7. The maximum atomic E-state index is 11.4. The summed E-state index contributed by atoms with van der Waals surface area (Å²) in [6, 6.07) is 0. The fraction of sp³-hybridized carbons (Fsp3) is 0.533. The van der Waals surface area contributed by atoms with Crippen molar-refractivity contribution in [3.8, 4) is 0 Å². The van der Waals surface area contributed by atoms with Crippen LogP contribution in [0, 0.1) is 36.5 Å². The third kappa shape index (κ3) is 22.6. The molecule has 5 aromatic heterocycles. The molecule has 5 aromatic rings. The maximum Gasteiger partial charge on any atom is 0.183 e. The summed E-state index contributed by atoms with van der Waals surface area (Å²) in [6.07, 6.45) is 28.8. The quantitative estimate of drug-likeness (QED) is 0.0767. The molecule has 0 radical (unpaired) electrons. The maximum absolute atomic E-state index is 11.4. The molecule has 1 aliphatic carbocycles. The highest BCUT2D eigenvalue weighted by atomic mass is 127. The van der Waals surface area contributed by atoms with E-state index in [1.54, 1.807) is 80.6 Å². The molecule has 1 saturated carbocycles. The van der Waals surface area contributed by atoms with Crippen LogP contribution in [-0.2, 0) is 0 Å². The number of carbonyl (C=O) groups is 1. The van der Waals surface area contributed by atoms with E-state index in [-0.39, 0.29) is 16.8 Å². The molecule has 6 heterocycles. The Kier molecular flexibility index (Phi) is 26.1. The number of hydrogen-bond donors (Lipinski definition) is 4. The predicted octanol–water partition coefficient (Wildman–Crippen LogP) is 8.13. The summed E-state index contributed by atoms with van der Waals surface area (Å²) in [5.74, 6) is 1.89. The molecule has 1 saturated heterocycles.